The van der Waals surface area contributed by atoms with Gasteiger partial charge in [-0.1, -0.05) is 0 Å². The maximum atomic E-state index is 11.8. The van der Waals surface area contributed by atoms with Crippen molar-refractivity contribution >= 4 is 38.8 Å². The molecule has 0 aliphatic rings. The Morgan fingerprint density at radius 1 is 1.42 bits per heavy atom. The number of hydrogen-bond acceptors (Lipinski definition) is 2. The number of aryl methyl sites for hydroxylation is 1. The van der Waals surface area contributed by atoms with E-state index in [1.54, 1.807) is 6.21 Å². The van der Waals surface area contributed by atoms with Crippen molar-refractivity contribution in [2.24, 2.45) is 4.40 Å². The van der Waals surface area contributed by atoms with Crippen LogP contribution in [0.3, 0.4) is 0 Å². The maximum Gasteiger partial charge on any atom is 0.151 e. The van der Waals surface area contributed by atoms with Crippen molar-refractivity contribution in [2.45, 2.75) is 32.4 Å². The summed E-state index contributed by atoms with van der Waals surface area (Å²) in [5.74, 6) is 0. The van der Waals surface area contributed by atoms with Crippen LogP contribution in [0.1, 0.15) is 32.0 Å². The Morgan fingerprint density at radius 2 is 2.11 bits per heavy atom. The molecule has 2 aromatic heterocycles. The largest absolute Gasteiger partial charge is 0.305 e. The molecule has 0 radical (unpaired) electrons. The standard InChI is InChI=1S/C13H16BrN3OS/c1-9-5-11(14)12-16-10(8-17(12)7-9)6-15-19(18)13(2,3)4/h5-8H,1-4H3/t19-/m1/s1. The molecule has 0 aromatic carbocycles. The van der Waals surface area contributed by atoms with Gasteiger partial charge in [0.2, 0.25) is 0 Å². The molecule has 0 saturated heterocycles. The van der Waals surface area contributed by atoms with Crippen LogP contribution in [0.25, 0.3) is 5.65 Å². The fraction of sp³-hybridized carbons (Fsp3) is 0.385. The smallest absolute Gasteiger partial charge is 0.151 e. The van der Waals surface area contributed by atoms with Crippen LogP contribution in [0.4, 0.5) is 0 Å². The third-order valence-electron chi connectivity index (χ3n) is 2.47. The Hall–Kier alpha value is -1.01. The van der Waals surface area contributed by atoms with Gasteiger partial charge in [-0.3, -0.25) is 0 Å². The molecule has 0 spiro atoms. The zero-order valence-electron chi connectivity index (χ0n) is 11.3. The summed E-state index contributed by atoms with van der Waals surface area (Å²) in [4.78, 5) is 4.44. The number of imidazole rings is 1. The van der Waals surface area contributed by atoms with Crippen LogP contribution < -0.4 is 0 Å². The molecule has 0 aliphatic carbocycles. The predicted octanol–water partition coefficient (Wildman–Crippen LogP) is 3.29. The molecule has 102 valence electrons. The topological polar surface area (TPSA) is 46.7 Å². The van der Waals surface area contributed by atoms with E-state index in [-0.39, 0.29) is 4.75 Å². The molecule has 2 heterocycles. The van der Waals surface area contributed by atoms with Crippen molar-refractivity contribution in [3.05, 3.63) is 34.2 Å². The van der Waals surface area contributed by atoms with Crippen LogP contribution in [-0.4, -0.2) is 24.6 Å². The molecule has 0 saturated carbocycles. The molecular formula is C13H16BrN3OS. The highest BCUT2D eigenvalue weighted by Gasteiger charge is 2.18. The van der Waals surface area contributed by atoms with Gasteiger partial charge in [0.15, 0.2) is 5.65 Å². The Morgan fingerprint density at radius 3 is 2.74 bits per heavy atom. The molecular weight excluding hydrogens is 326 g/mol. The predicted molar refractivity (Wildman–Crippen MR) is 83.1 cm³/mol. The summed E-state index contributed by atoms with van der Waals surface area (Å²) in [6, 6.07) is 2.01. The highest BCUT2D eigenvalue weighted by Crippen LogP contribution is 2.19. The summed E-state index contributed by atoms with van der Waals surface area (Å²) in [7, 11) is -1.26. The van der Waals surface area contributed by atoms with Crippen LogP contribution in [-0.2, 0) is 11.0 Å². The Bertz CT molecular complexity index is 670. The van der Waals surface area contributed by atoms with E-state index in [4.69, 9.17) is 0 Å². The molecule has 0 unspecified atom stereocenters. The average molecular weight is 342 g/mol. The van der Waals surface area contributed by atoms with Gasteiger partial charge in [0.1, 0.15) is 16.7 Å². The highest BCUT2D eigenvalue weighted by molar-refractivity contribution is 9.10. The number of fused-ring (bicyclic) bond motifs is 1. The minimum Gasteiger partial charge on any atom is -0.305 e. The van der Waals surface area contributed by atoms with Crippen molar-refractivity contribution in [2.75, 3.05) is 0 Å². The van der Waals surface area contributed by atoms with Crippen LogP contribution in [0.15, 0.2) is 27.3 Å². The van der Waals surface area contributed by atoms with Crippen molar-refractivity contribution in [1.29, 1.82) is 0 Å². The second-order valence-corrected chi connectivity index (χ2v) is 8.15. The molecule has 0 aliphatic heterocycles. The van der Waals surface area contributed by atoms with Gasteiger partial charge >= 0.3 is 0 Å². The van der Waals surface area contributed by atoms with Gasteiger partial charge in [0, 0.05) is 12.4 Å². The van der Waals surface area contributed by atoms with E-state index >= 15 is 0 Å². The van der Waals surface area contributed by atoms with Crippen LogP contribution in [0.2, 0.25) is 0 Å². The van der Waals surface area contributed by atoms with E-state index < -0.39 is 11.0 Å². The van der Waals surface area contributed by atoms with Gasteiger partial charge < -0.3 is 4.40 Å². The zero-order chi connectivity index (χ0) is 14.2. The molecule has 6 heteroatoms. The highest BCUT2D eigenvalue weighted by atomic mass is 79.9. The Labute approximate surface area is 123 Å². The number of halogens is 1. The van der Waals surface area contributed by atoms with E-state index in [0.29, 0.717) is 5.69 Å². The molecule has 0 amide bonds. The lowest BCUT2D eigenvalue weighted by Crippen LogP contribution is -2.19. The van der Waals surface area contributed by atoms with Gasteiger partial charge in [0.25, 0.3) is 0 Å². The van der Waals surface area contributed by atoms with Crippen molar-refractivity contribution in [3.63, 3.8) is 0 Å². The molecule has 2 aromatic rings. The molecule has 1 atom stereocenters. The zero-order valence-corrected chi connectivity index (χ0v) is 13.7. The van der Waals surface area contributed by atoms with Gasteiger partial charge in [0.05, 0.1) is 15.4 Å². The van der Waals surface area contributed by atoms with Gasteiger partial charge in [-0.15, -0.1) is 0 Å². The normalized spacial score (nSPS) is 14.4. The van der Waals surface area contributed by atoms with Gasteiger partial charge in [-0.2, -0.15) is 4.40 Å². The van der Waals surface area contributed by atoms with Crippen molar-refractivity contribution in [1.82, 2.24) is 9.38 Å². The lowest BCUT2D eigenvalue weighted by molar-refractivity contribution is 0.651. The second-order valence-electron chi connectivity index (χ2n) is 5.36. The summed E-state index contributed by atoms with van der Waals surface area (Å²) >= 11 is 3.48. The number of pyridine rings is 1. The Balaban J connectivity index is 2.35. The van der Waals surface area contributed by atoms with Crippen LogP contribution >= 0.6 is 15.9 Å². The van der Waals surface area contributed by atoms with E-state index in [1.807, 2.05) is 50.6 Å². The van der Waals surface area contributed by atoms with E-state index in [9.17, 15) is 4.21 Å². The molecule has 2 rings (SSSR count). The number of aromatic nitrogens is 2. The monoisotopic (exact) mass is 341 g/mol. The molecule has 0 fully saturated rings. The quantitative estimate of drug-likeness (QED) is 0.787. The summed E-state index contributed by atoms with van der Waals surface area (Å²) in [5, 5.41) is 0. The molecule has 0 bridgehead atoms. The molecule has 4 nitrogen and oxygen atoms in total. The van der Waals surface area contributed by atoms with Crippen LogP contribution in [0, 0.1) is 6.92 Å². The molecule has 19 heavy (non-hydrogen) atoms. The second kappa shape index (κ2) is 5.17. The number of hydrogen-bond donors (Lipinski definition) is 0. The van der Waals surface area contributed by atoms with E-state index in [2.05, 4.69) is 25.3 Å². The van der Waals surface area contributed by atoms with E-state index in [0.717, 1.165) is 15.7 Å². The minimum absolute atomic E-state index is 0.354. The lowest BCUT2D eigenvalue weighted by Gasteiger charge is -2.12. The molecule has 0 N–H and O–H groups in total. The number of rotatable bonds is 2. The maximum absolute atomic E-state index is 11.8. The van der Waals surface area contributed by atoms with Gasteiger partial charge in [-0.25, -0.2) is 9.19 Å². The lowest BCUT2D eigenvalue weighted by atomic mass is 10.3. The summed E-state index contributed by atoms with van der Waals surface area (Å²) in [6.07, 6.45) is 5.43. The summed E-state index contributed by atoms with van der Waals surface area (Å²) in [5.41, 5.74) is 2.66. The first kappa shape index (κ1) is 14.4. The van der Waals surface area contributed by atoms with Crippen molar-refractivity contribution in [3.8, 4) is 0 Å². The first-order valence-corrected chi connectivity index (χ1v) is 7.78. The van der Waals surface area contributed by atoms with Crippen LogP contribution in [0.5, 0.6) is 0 Å². The SMILES string of the molecule is Cc1cc(Br)c2nc(C=N[S@](=O)C(C)(C)C)cn2c1. The third kappa shape index (κ3) is 3.30. The minimum atomic E-state index is -1.26. The first-order valence-electron chi connectivity index (χ1n) is 5.88. The summed E-state index contributed by atoms with van der Waals surface area (Å²) < 4.78 is 18.4. The third-order valence-corrected chi connectivity index (χ3v) is 4.39. The first-order chi connectivity index (χ1) is 8.77. The Kier molecular flexibility index (Phi) is 3.92. The van der Waals surface area contributed by atoms with E-state index in [1.165, 1.54) is 0 Å². The average Bonchev–Trinajstić information content (AvgIpc) is 2.67. The summed E-state index contributed by atoms with van der Waals surface area (Å²) in [6.45, 7) is 7.70. The van der Waals surface area contributed by atoms with Crippen molar-refractivity contribution < 1.29 is 4.21 Å². The number of nitrogens with zero attached hydrogens (tertiary/aromatic N) is 3. The fourth-order valence-corrected chi connectivity index (χ4v) is 2.71. The fourth-order valence-electron chi connectivity index (χ4n) is 1.53. The van der Waals surface area contributed by atoms with Gasteiger partial charge in [-0.05, 0) is 55.3 Å².